The number of amides is 1. The number of sulfonamides is 1. The van der Waals surface area contributed by atoms with E-state index in [-0.39, 0.29) is 42.9 Å². The number of hydrogen-bond acceptors (Lipinski definition) is 10. The second-order valence-corrected chi connectivity index (χ2v) is 13.3. The third kappa shape index (κ3) is 7.50. The molecule has 5 rings (SSSR count). The minimum atomic E-state index is -5.21. The minimum absolute atomic E-state index is 0.00628. The van der Waals surface area contributed by atoms with Crippen LogP contribution in [0.15, 0.2) is 58.8 Å². The smallest absolute Gasteiger partial charge is 0.492 e. The summed E-state index contributed by atoms with van der Waals surface area (Å²) in [6, 6.07) is 13.9. The van der Waals surface area contributed by atoms with Crippen molar-refractivity contribution < 1.29 is 45.5 Å². The number of carbonyl (C=O) groups excluding carboxylic acids is 2. The first kappa shape index (κ1) is 32.5. The van der Waals surface area contributed by atoms with Crippen LogP contribution in [-0.2, 0) is 42.3 Å². The summed E-state index contributed by atoms with van der Waals surface area (Å²) in [6.45, 7) is -0.284. The Morgan fingerprint density at radius 3 is 2.62 bits per heavy atom. The zero-order valence-corrected chi connectivity index (χ0v) is 25.7. The summed E-state index contributed by atoms with van der Waals surface area (Å²) >= 11 is 6.84. The molecule has 1 unspecified atom stereocenters. The maximum Gasteiger partial charge on any atom is 0.492 e. The van der Waals surface area contributed by atoms with Crippen LogP contribution < -0.4 is 14.8 Å². The van der Waals surface area contributed by atoms with Crippen molar-refractivity contribution in [2.75, 3.05) is 31.6 Å². The number of hydroxylamine groups is 2. The Morgan fingerprint density at radius 2 is 1.91 bits per heavy atom. The number of nitrogens with zero attached hydrogens (tertiary/aromatic N) is 3. The SMILES string of the molecule is COc1cccc2c1c(NS(=O)(=O)c1ccc(Cl)s1)nn2Cc1cccc(CNC(=O)C2COCCN2OC(=O)C(F)(F)F)c1. The van der Waals surface area contributed by atoms with E-state index in [1.165, 1.54) is 19.2 Å². The lowest BCUT2D eigenvalue weighted by Gasteiger charge is -2.32. The van der Waals surface area contributed by atoms with Crippen molar-refractivity contribution >= 4 is 61.6 Å². The lowest BCUT2D eigenvalue weighted by atomic mass is 10.1. The number of aromatic nitrogens is 2. The number of rotatable bonds is 10. The van der Waals surface area contributed by atoms with Gasteiger partial charge in [-0.15, -0.1) is 16.4 Å². The van der Waals surface area contributed by atoms with E-state index in [1.807, 2.05) is 6.07 Å². The molecule has 0 saturated carbocycles. The predicted octanol–water partition coefficient (Wildman–Crippen LogP) is 3.95. The molecule has 1 fully saturated rings. The molecule has 4 aromatic rings. The van der Waals surface area contributed by atoms with E-state index in [0.717, 1.165) is 16.9 Å². The highest BCUT2D eigenvalue weighted by Crippen LogP contribution is 2.35. The molecule has 45 heavy (non-hydrogen) atoms. The minimum Gasteiger partial charge on any atom is -0.496 e. The Bertz CT molecular complexity index is 1830. The lowest BCUT2D eigenvalue weighted by molar-refractivity contribution is -0.257. The average Bonchev–Trinajstić information content (AvgIpc) is 3.59. The fourth-order valence-electron chi connectivity index (χ4n) is 4.56. The first-order chi connectivity index (χ1) is 21.4. The zero-order valence-electron chi connectivity index (χ0n) is 23.3. The fraction of sp³-hybridized carbons (Fsp3) is 0.296. The van der Waals surface area contributed by atoms with Crippen LogP contribution in [0, 0.1) is 0 Å². The number of ether oxygens (including phenoxy) is 2. The third-order valence-corrected chi connectivity index (χ3v) is 9.67. The van der Waals surface area contributed by atoms with Gasteiger partial charge in [-0.2, -0.15) is 18.3 Å². The molecule has 2 aromatic heterocycles. The normalized spacial score (nSPS) is 16.0. The highest BCUT2D eigenvalue weighted by molar-refractivity contribution is 7.94. The van der Waals surface area contributed by atoms with Gasteiger partial charge in [-0.05, 0) is 35.4 Å². The molecule has 18 heteroatoms. The van der Waals surface area contributed by atoms with Crippen LogP contribution in [-0.4, -0.2) is 74.2 Å². The first-order valence-corrected chi connectivity index (χ1v) is 15.8. The molecule has 2 aromatic carbocycles. The molecule has 1 amide bonds. The number of alkyl halides is 3. The van der Waals surface area contributed by atoms with Crippen molar-refractivity contribution in [3.8, 4) is 5.75 Å². The number of hydrogen-bond donors (Lipinski definition) is 2. The second kappa shape index (κ2) is 13.2. The van der Waals surface area contributed by atoms with Crippen molar-refractivity contribution in [2.24, 2.45) is 0 Å². The van der Waals surface area contributed by atoms with E-state index in [0.29, 0.717) is 31.6 Å². The largest absolute Gasteiger partial charge is 0.496 e. The van der Waals surface area contributed by atoms with Crippen molar-refractivity contribution in [3.05, 3.63) is 70.1 Å². The summed E-state index contributed by atoms with van der Waals surface area (Å²) in [7, 11) is -2.54. The van der Waals surface area contributed by atoms with E-state index >= 15 is 0 Å². The number of nitrogens with one attached hydrogen (secondary N) is 2. The summed E-state index contributed by atoms with van der Waals surface area (Å²) in [5, 5.41) is 8.28. The van der Waals surface area contributed by atoms with Crippen molar-refractivity contribution in [1.82, 2.24) is 20.2 Å². The zero-order chi connectivity index (χ0) is 32.4. The van der Waals surface area contributed by atoms with Crippen LogP contribution in [0.3, 0.4) is 0 Å². The summed E-state index contributed by atoms with van der Waals surface area (Å²) in [5.74, 6) is -2.66. The molecule has 1 aliphatic rings. The Balaban J connectivity index is 1.32. The molecule has 0 bridgehead atoms. The molecule has 0 radical (unpaired) electrons. The first-order valence-electron chi connectivity index (χ1n) is 13.2. The van der Waals surface area contributed by atoms with E-state index in [9.17, 15) is 31.2 Å². The van der Waals surface area contributed by atoms with Gasteiger partial charge in [0.2, 0.25) is 5.91 Å². The van der Waals surface area contributed by atoms with Crippen LogP contribution in [0.25, 0.3) is 10.9 Å². The van der Waals surface area contributed by atoms with Gasteiger partial charge in [0.25, 0.3) is 10.0 Å². The van der Waals surface area contributed by atoms with Gasteiger partial charge >= 0.3 is 12.1 Å². The van der Waals surface area contributed by atoms with Crippen LogP contribution >= 0.6 is 22.9 Å². The number of benzene rings is 2. The maximum atomic E-state index is 13.1. The van der Waals surface area contributed by atoms with Gasteiger partial charge in [-0.25, -0.2) is 13.2 Å². The Hall–Kier alpha value is -3.90. The molecular formula is C27H25ClF3N5O7S2. The number of carbonyl (C=O) groups is 2. The Labute approximate surface area is 263 Å². The summed E-state index contributed by atoms with van der Waals surface area (Å²) in [5.41, 5.74) is 1.98. The van der Waals surface area contributed by atoms with Gasteiger partial charge in [0.15, 0.2) is 5.82 Å². The molecule has 240 valence electrons. The number of fused-ring (bicyclic) bond motifs is 1. The standard InChI is InChI=1S/C27H25ClF3N5O7S2/c1-41-20-7-3-6-18-23(20)24(34-45(39,40)22-9-8-21(28)44-22)33-35(18)14-17-5-2-4-16(12-17)13-32-25(37)19-15-42-11-10-36(19)43-26(38)27(29,30)31/h2-9,12,19H,10-11,13-15H2,1H3,(H,32,37)(H,33,34). The molecule has 1 aliphatic heterocycles. The number of anilines is 1. The van der Waals surface area contributed by atoms with Crippen molar-refractivity contribution in [3.63, 3.8) is 0 Å². The van der Waals surface area contributed by atoms with Crippen LogP contribution in [0.1, 0.15) is 11.1 Å². The monoisotopic (exact) mass is 687 g/mol. The summed E-state index contributed by atoms with van der Waals surface area (Å²) in [6.07, 6.45) is -5.21. The van der Waals surface area contributed by atoms with E-state index in [4.69, 9.17) is 21.1 Å². The summed E-state index contributed by atoms with van der Waals surface area (Å²) in [4.78, 5) is 28.5. The third-order valence-electron chi connectivity index (χ3n) is 6.61. The maximum absolute atomic E-state index is 13.1. The molecule has 2 N–H and O–H groups in total. The van der Waals surface area contributed by atoms with Crippen LogP contribution in [0.4, 0.5) is 19.0 Å². The fourth-order valence-corrected chi connectivity index (χ4v) is 7.05. The van der Waals surface area contributed by atoms with Gasteiger partial charge < -0.3 is 19.6 Å². The van der Waals surface area contributed by atoms with Crippen molar-refractivity contribution in [2.45, 2.75) is 29.5 Å². The number of methoxy groups -OCH3 is 1. The quantitative estimate of drug-likeness (QED) is 0.254. The summed E-state index contributed by atoms with van der Waals surface area (Å²) < 4.78 is 79.3. The lowest BCUT2D eigenvalue weighted by Crippen LogP contribution is -2.55. The van der Waals surface area contributed by atoms with Gasteiger partial charge in [-0.1, -0.05) is 41.9 Å². The predicted molar refractivity (Wildman–Crippen MR) is 157 cm³/mol. The van der Waals surface area contributed by atoms with Crippen LogP contribution in [0.2, 0.25) is 4.34 Å². The number of morpholine rings is 1. The molecule has 1 atom stereocenters. The molecule has 0 aliphatic carbocycles. The second-order valence-electron chi connectivity index (χ2n) is 9.67. The van der Waals surface area contributed by atoms with E-state index < -0.39 is 34.1 Å². The highest BCUT2D eigenvalue weighted by atomic mass is 35.5. The molecule has 0 spiro atoms. The highest BCUT2D eigenvalue weighted by Gasteiger charge is 2.44. The molecule has 3 heterocycles. The van der Waals surface area contributed by atoms with E-state index in [1.54, 1.807) is 41.1 Å². The van der Waals surface area contributed by atoms with Gasteiger partial charge in [0.05, 0.1) is 48.7 Å². The van der Waals surface area contributed by atoms with Gasteiger partial charge in [0, 0.05) is 6.54 Å². The number of halogens is 4. The van der Waals surface area contributed by atoms with Gasteiger partial charge in [-0.3, -0.25) is 14.2 Å². The average molecular weight is 688 g/mol. The Kier molecular flexibility index (Phi) is 9.54. The van der Waals surface area contributed by atoms with Crippen molar-refractivity contribution in [1.29, 1.82) is 0 Å². The topological polar surface area (TPSA) is 141 Å². The molecule has 1 saturated heterocycles. The Morgan fingerprint density at radius 1 is 1.16 bits per heavy atom. The van der Waals surface area contributed by atoms with Crippen LogP contribution in [0.5, 0.6) is 5.75 Å². The number of thiophene rings is 1. The van der Waals surface area contributed by atoms with Gasteiger partial charge in [0.1, 0.15) is 16.0 Å². The molecule has 12 nitrogen and oxygen atoms in total. The van der Waals surface area contributed by atoms with E-state index in [2.05, 4.69) is 20.0 Å². The molecular weight excluding hydrogens is 663 g/mol.